The van der Waals surface area contributed by atoms with Gasteiger partial charge < -0.3 is 0 Å². The Morgan fingerprint density at radius 1 is 1.00 bits per heavy atom. The van der Waals surface area contributed by atoms with Crippen LogP contribution < -0.4 is 4.31 Å². The van der Waals surface area contributed by atoms with Gasteiger partial charge in [-0.15, -0.1) is 0 Å². The van der Waals surface area contributed by atoms with E-state index in [1.807, 2.05) is 6.92 Å². The minimum atomic E-state index is -4.43. The van der Waals surface area contributed by atoms with E-state index in [0.29, 0.717) is 35.1 Å². The summed E-state index contributed by atoms with van der Waals surface area (Å²) in [4.78, 5) is 11.8. The number of carbonyl (C=O) groups is 1. The normalized spacial score (nSPS) is 16.1. The van der Waals surface area contributed by atoms with Gasteiger partial charge in [0.25, 0.3) is 10.0 Å². The molecule has 1 aliphatic rings. The summed E-state index contributed by atoms with van der Waals surface area (Å²) in [6.45, 7) is 1.95. The molecule has 4 nitrogen and oxygen atoms in total. The molecule has 8 heteroatoms. The van der Waals surface area contributed by atoms with Crippen molar-refractivity contribution in [1.82, 2.24) is 0 Å². The Bertz CT molecular complexity index is 1250. The monoisotopic (exact) mass is 459 g/mol. The van der Waals surface area contributed by atoms with E-state index < -0.39 is 21.8 Å². The number of hydrogen-bond acceptors (Lipinski definition) is 3. The minimum absolute atomic E-state index is 0.0947. The lowest BCUT2D eigenvalue weighted by molar-refractivity contribution is -0.137. The molecule has 32 heavy (non-hydrogen) atoms. The molecule has 0 amide bonds. The van der Waals surface area contributed by atoms with Crippen LogP contribution in [-0.2, 0) is 22.6 Å². The van der Waals surface area contributed by atoms with Gasteiger partial charge in [-0.1, -0.05) is 42.0 Å². The number of aldehydes is 1. The van der Waals surface area contributed by atoms with Crippen molar-refractivity contribution >= 4 is 22.0 Å². The quantitative estimate of drug-likeness (QED) is 0.483. The third kappa shape index (κ3) is 4.02. The number of benzene rings is 3. The molecule has 3 aromatic carbocycles. The van der Waals surface area contributed by atoms with Crippen molar-refractivity contribution in [3.8, 4) is 0 Å². The van der Waals surface area contributed by atoms with Crippen LogP contribution >= 0.6 is 0 Å². The van der Waals surface area contributed by atoms with E-state index in [0.717, 1.165) is 17.7 Å². The van der Waals surface area contributed by atoms with Crippen LogP contribution in [0.25, 0.3) is 0 Å². The molecule has 1 aliphatic heterocycles. The first-order valence-electron chi connectivity index (χ1n) is 9.95. The van der Waals surface area contributed by atoms with Crippen LogP contribution in [0.15, 0.2) is 71.6 Å². The molecular formula is C24H20F3NO3S. The lowest BCUT2D eigenvalue weighted by Gasteiger charge is -2.20. The molecule has 0 fully saturated rings. The van der Waals surface area contributed by atoms with E-state index in [-0.39, 0.29) is 17.4 Å². The molecule has 4 rings (SSSR count). The summed E-state index contributed by atoms with van der Waals surface area (Å²) >= 11 is 0. The molecule has 0 N–H and O–H groups in total. The lowest BCUT2D eigenvalue weighted by atomic mass is 9.90. The van der Waals surface area contributed by atoms with Crippen LogP contribution in [0.2, 0.25) is 0 Å². The highest BCUT2D eigenvalue weighted by atomic mass is 32.2. The van der Waals surface area contributed by atoms with Crippen molar-refractivity contribution in [3.63, 3.8) is 0 Å². The Balaban J connectivity index is 1.72. The smallest absolute Gasteiger partial charge is 0.298 e. The van der Waals surface area contributed by atoms with E-state index in [1.165, 1.54) is 28.6 Å². The second kappa shape index (κ2) is 8.09. The lowest BCUT2D eigenvalue weighted by Crippen LogP contribution is -2.30. The number of alkyl halides is 3. The van der Waals surface area contributed by atoms with E-state index in [9.17, 15) is 26.4 Å². The number of anilines is 1. The van der Waals surface area contributed by atoms with E-state index in [2.05, 4.69) is 0 Å². The molecule has 0 bridgehead atoms. The molecule has 1 atom stereocenters. The van der Waals surface area contributed by atoms with Gasteiger partial charge in [-0.05, 0) is 54.8 Å². The third-order valence-corrected chi connectivity index (χ3v) is 7.47. The minimum Gasteiger partial charge on any atom is -0.298 e. The molecule has 0 aliphatic carbocycles. The number of carbonyl (C=O) groups excluding carboxylic acids is 1. The fraction of sp³-hybridized carbons (Fsp3) is 0.208. The number of aryl methyl sites for hydroxylation is 1. The SMILES string of the molecule is Cc1ccc(S(=O)(=O)N2CC(Cc3ccc(C(F)(F)F)cc3)c3c(C=O)cccc32)cc1. The van der Waals surface area contributed by atoms with Gasteiger partial charge in [-0.25, -0.2) is 8.42 Å². The van der Waals surface area contributed by atoms with Crippen LogP contribution in [0.3, 0.4) is 0 Å². The molecule has 0 spiro atoms. The Morgan fingerprint density at radius 3 is 2.25 bits per heavy atom. The second-order valence-corrected chi connectivity index (χ2v) is 9.71. The molecule has 3 aromatic rings. The highest BCUT2D eigenvalue weighted by Crippen LogP contribution is 2.43. The average Bonchev–Trinajstić information content (AvgIpc) is 3.13. The number of fused-ring (bicyclic) bond motifs is 1. The number of halogens is 3. The zero-order chi connectivity index (χ0) is 23.1. The molecule has 1 unspecified atom stereocenters. The van der Waals surface area contributed by atoms with Crippen LogP contribution in [-0.4, -0.2) is 21.2 Å². The van der Waals surface area contributed by atoms with Crippen molar-refractivity contribution < 1.29 is 26.4 Å². The average molecular weight is 459 g/mol. The summed E-state index contributed by atoms with van der Waals surface area (Å²) in [5.41, 5.74) is 2.20. The zero-order valence-electron chi connectivity index (χ0n) is 17.1. The van der Waals surface area contributed by atoms with Gasteiger partial charge in [0, 0.05) is 18.0 Å². The van der Waals surface area contributed by atoms with Gasteiger partial charge in [0.15, 0.2) is 0 Å². The fourth-order valence-corrected chi connectivity index (χ4v) is 5.60. The summed E-state index contributed by atoms with van der Waals surface area (Å²) < 4.78 is 66.7. The summed E-state index contributed by atoms with van der Waals surface area (Å²) in [5.74, 6) is -0.372. The maximum atomic E-state index is 13.4. The zero-order valence-corrected chi connectivity index (χ0v) is 18.0. The molecule has 0 radical (unpaired) electrons. The van der Waals surface area contributed by atoms with Gasteiger partial charge in [0.05, 0.1) is 16.1 Å². The van der Waals surface area contributed by atoms with Gasteiger partial charge in [-0.3, -0.25) is 9.10 Å². The Labute approximate surface area is 184 Å². The topological polar surface area (TPSA) is 54.5 Å². The predicted molar refractivity (Wildman–Crippen MR) is 115 cm³/mol. The van der Waals surface area contributed by atoms with E-state index in [4.69, 9.17) is 0 Å². The first-order chi connectivity index (χ1) is 15.1. The Hall–Kier alpha value is -3.13. The van der Waals surface area contributed by atoms with Gasteiger partial charge in [-0.2, -0.15) is 13.2 Å². The summed E-state index contributed by atoms with van der Waals surface area (Å²) in [5, 5.41) is 0. The van der Waals surface area contributed by atoms with Crippen molar-refractivity contribution in [3.05, 3.63) is 94.5 Å². The standard InChI is InChI=1S/C24H20F3NO3S/c1-16-5-11-21(12-6-16)32(30,31)28-14-19(23-18(15-29)3-2-4-22(23)28)13-17-7-9-20(10-8-17)24(25,26)27/h2-12,15,19H,13-14H2,1H3. The van der Waals surface area contributed by atoms with Gasteiger partial charge in [0.2, 0.25) is 0 Å². The Morgan fingerprint density at radius 2 is 1.66 bits per heavy atom. The highest BCUT2D eigenvalue weighted by molar-refractivity contribution is 7.92. The molecule has 0 aromatic heterocycles. The maximum Gasteiger partial charge on any atom is 0.416 e. The number of hydrogen-bond donors (Lipinski definition) is 0. The first kappa shape index (κ1) is 22.1. The van der Waals surface area contributed by atoms with E-state index in [1.54, 1.807) is 30.3 Å². The van der Waals surface area contributed by atoms with Crippen LogP contribution in [0.5, 0.6) is 0 Å². The summed E-state index contributed by atoms with van der Waals surface area (Å²) in [7, 11) is -3.88. The predicted octanol–water partition coefficient (Wildman–Crippen LogP) is 5.36. The van der Waals surface area contributed by atoms with E-state index >= 15 is 0 Å². The first-order valence-corrected chi connectivity index (χ1v) is 11.4. The van der Waals surface area contributed by atoms with Crippen molar-refractivity contribution in [2.24, 2.45) is 0 Å². The number of nitrogens with zero attached hydrogens (tertiary/aromatic N) is 1. The Kier molecular flexibility index (Phi) is 5.58. The van der Waals surface area contributed by atoms with Gasteiger partial charge >= 0.3 is 6.18 Å². The van der Waals surface area contributed by atoms with Crippen molar-refractivity contribution in [2.45, 2.75) is 30.3 Å². The maximum absolute atomic E-state index is 13.4. The van der Waals surface area contributed by atoms with Gasteiger partial charge in [0.1, 0.15) is 6.29 Å². The molecular weight excluding hydrogens is 439 g/mol. The van der Waals surface area contributed by atoms with Crippen LogP contribution in [0, 0.1) is 6.92 Å². The van der Waals surface area contributed by atoms with Crippen molar-refractivity contribution in [2.75, 3.05) is 10.8 Å². The fourth-order valence-electron chi connectivity index (χ4n) is 4.07. The third-order valence-electron chi connectivity index (χ3n) is 5.68. The number of rotatable bonds is 5. The summed E-state index contributed by atoms with van der Waals surface area (Å²) in [6, 6.07) is 16.2. The molecule has 0 saturated carbocycles. The highest BCUT2D eigenvalue weighted by Gasteiger charge is 2.38. The molecule has 166 valence electrons. The number of sulfonamides is 1. The molecule has 1 heterocycles. The second-order valence-electron chi connectivity index (χ2n) is 7.84. The largest absolute Gasteiger partial charge is 0.416 e. The van der Waals surface area contributed by atoms with Crippen LogP contribution in [0.4, 0.5) is 18.9 Å². The summed E-state index contributed by atoms with van der Waals surface area (Å²) in [6.07, 6.45) is -3.45. The van der Waals surface area contributed by atoms with Crippen molar-refractivity contribution in [1.29, 1.82) is 0 Å². The molecule has 0 saturated heterocycles. The van der Waals surface area contributed by atoms with Crippen LogP contribution in [0.1, 0.15) is 38.5 Å².